The Kier molecular flexibility index (Phi) is 2.78. The summed E-state index contributed by atoms with van der Waals surface area (Å²) in [5, 5.41) is 1.04. The summed E-state index contributed by atoms with van der Waals surface area (Å²) in [6.45, 7) is 10.7. The lowest BCUT2D eigenvalue weighted by molar-refractivity contribution is 0.598. The summed E-state index contributed by atoms with van der Waals surface area (Å²) in [6, 6.07) is 0.0554. The van der Waals surface area contributed by atoms with E-state index in [2.05, 4.69) is 32.7 Å². The summed E-state index contributed by atoms with van der Waals surface area (Å²) < 4.78 is 0. The van der Waals surface area contributed by atoms with Gasteiger partial charge in [-0.25, -0.2) is 4.98 Å². The van der Waals surface area contributed by atoms with Gasteiger partial charge in [0.2, 0.25) is 0 Å². The van der Waals surface area contributed by atoms with E-state index in [-0.39, 0.29) is 11.5 Å². The highest BCUT2D eigenvalue weighted by Gasteiger charge is 2.21. The van der Waals surface area contributed by atoms with Crippen LogP contribution in [-0.4, -0.2) is 4.98 Å². The summed E-state index contributed by atoms with van der Waals surface area (Å²) in [4.78, 5) is 5.82. The highest BCUT2D eigenvalue weighted by atomic mass is 32.1. The molecule has 0 aromatic carbocycles. The molecule has 0 radical (unpaired) electrons. The molecule has 0 aliphatic rings. The van der Waals surface area contributed by atoms with Crippen LogP contribution in [0.4, 0.5) is 0 Å². The quantitative estimate of drug-likeness (QED) is 0.753. The van der Waals surface area contributed by atoms with Crippen LogP contribution in [-0.2, 0) is 5.41 Å². The van der Waals surface area contributed by atoms with Crippen LogP contribution in [0, 0.1) is 6.92 Å². The fourth-order valence-electron chi connectivity index (χ4n) is 1.31. The average molecular weight is 198 g/mol. The first-order valence-electron chi connectivity index (χ1n) is 4.55. The standard InChI is InChI=1S/C10H18N2S/c1-6(11)9-12-7(2)8(13-9)10(3,4)5/h6H,11H2,1-5H3. The molecule has 2 N–H and O–H groups in total. The molecule has 1 atom stereocenters. The summed E-state index contributed by atoms with van der Waals surface area (Å²) in [6.07, 6.45) is 0. The van der Waals surface area contributed by atoms with Crippen molar-refractivity contribution < 1.29 is 0 Å². The molecule has 1 aromatic heterocycles. The lowest BCUT2D eigenvalue weighted by Crippen LogP contribution is -2.10. The highest BCUT2D eigenvalue weighted by Crippen LogP contribution is 2.32. The number of nitrogens with two attached hydrogens (primary N) is 1. The zero-order valence-corrected chi connectivity index (χ0v) is 9.83. The van der Waals surface area contributed by atoms with Gasteiger partial charge in [-0.3, -0.25) is 0 Å². The Hall–Kier alpha value is -0.410. The predicted octanol–water partition coefficient (Wildman–Crippen LogP) is 2.77. The second-order valence-electron chi connectivity index (χ2n) is 4.51. The molecule has 1 heterocycles. The number of nitrogens with zero attached hydrogens (tertiary/aromatic N) is 1. The van der Waals surface area contributed by atoms with Gasteiger partial charge in [0, 0.05) is 4.88 Å². The maximum absolute atomic E-state index is 5.79. The Balaban J connectivity index is 3.11. The molecule has 0 aliphatic carbocycles. The van der Waals surface area contributed by atoms with E-state index in [9.17, 15) is 0 Å². The molecule has 3 heteroatoms. The topological polar surface area (TPSA) is 38.9 Å². The van der Waals surface area contributed by atoms with E-state index in [4.69, 9.17) is 5.73 Å². The Bertz CT molecular complexity index is 294. The second-order valence-corrected chi connectivity index (χ2v) is 5.54. The van der Waals surface area contributed by atoms with E-state index in [1.54, 1.807) is 11.3 Å². The average Bonchev–Trinajstić information content (AvgIpc) is 2.29. The van der Waals surface area contributed by atoms with Crippen LogP contribution in [0.25, 0.3) is 0 Å². The van der Waals surface area contributed by atoms with Gasteiger partial charge in [-0.05, 0) is 19.3 Å². The van der Waals surface area contributed by atoms with Gasteiger partial charge in [-0.1, -0.05) is 20.8 Å². The van der Waals surface area contributed by atoms with Gasteiger partial charge in [0.05, 0.1) is 11.7 Å². The number of hydrogen-bond donors (Lipinski definition) is 1. The molecule has 0 bridgehead atoms. The molecule has 74 valence electrons. The van der Waals surface area contributed by atoms with Crippen molar-refractivity contribution in [1.29, 1.82) is 0 Å². The van der Waals surface area contributed by atoms with Crippen LogP contribution in [0.5, 0.6) is 0 Å². The van der Waals surface area contributed by atoms with Gasteiger partial charge in [0.25, 0.3) is 0 Å². The summed E-state index contributed by atoms with van der Waals surface area (Å²) in [5.74, 6) is 0. The molecular weight excluding hydrogens is 180 g/mol. The molecule has 1 unspecified atom stereocenters. The first-order valence-corrected chi connectivity index (χ1v) is 5.37. The van der Waals surface area contributed by atoms with Crippen molar-refractivity contribution in [2.75, 3.05) is 0 Å². The SMILES string of the molecule is Cc1nc(C(C)N)sc1C(C)(C)C. The number of thiazole rings is 1. The molecule has 0 fully saturated rings. The number of aromatic nitrogens is 1. The summed E-state index contributed by atoms with van der Waals surface area (Å²) >= 11 is 1.74. The lowest BCUT2D eigenvalue weighted by atomic mass is 9.93. The second kappa shape index (κ2) is 3.39. The van der Waals surface area contributed by atoms with Gasteiger partial charge >= 0.3 is 0 Å². The minimum atomic E-state index is 0.0554. The number of aryl methyl sites for hydroxylation is 1. The Morgan fingerprint density at radius 3 is 2.15 bits per heavy atom. The predicted molar refractivity (Wildman–Crippen MR) is 58.2 cm³/mol. The Labute approximate surface area is 84.2 Å². The van der Waals surface area contributed by atoms with Crippen LogP contribution in [0.3, 0.4) is 0 Å². The minimum absolute atomic E-state index is 0.0554. The highest BCUT2D eigenvalue weighted by molar-refractivity contribution is 7.12. The van der Waals surface area contributed by atoms with Crippen molar-refractivity contribution in [3.8, 4) is 0 Å². The molecule has 0 aliphatic heterocycles. The molecule has 0 saturated heterocycles. The molecular formula is C10H18N2S. The van der Waals surface area contributed by atoms with Gasteiger partial charge in [0.1, 0.15) is 5.01 Å². The van der Waals surface area contributed by atoms with E-state index in [0.29, 0.717) is 0 Å². The van der Waals surface area contributed by atoms with E-state index in [1.807, 2.05) is 6.92 Å². The molecule has 0 spiro atoms. The van der Waals surface area contributed by atoms with Gasteiger partial charge in [-0.15, -0.1) is 11.3 Å². The van der Waals surface area contributed by atoms with Gasteiger partial charge < -0.3 is 5.73 Å². The van der Waals surface area contributed by atoms with Gasteiger partial charge in [0.15, 0.2) is 0 Å². The molecule has 0 saturated carbocycles. The first kappa shape index (κ1) is 10.7. The fraction of sp³-hybridized carbons (Fsp3) is 0.700. The maximum Gasteiger partial charge on any atom is 0.110 e. The zero-order chi connectivity index (χ0) is 10.2. The summed E-state index contributed by atoms with van der Waals surface area (Å²) in [5.41, 5.74) is 7.11. The zero-order valence-electron chi connectivity index (χ0n) is 9.01. The monoisotopic (exact) mass is 198 g/mol. The number of rotatable bonds is 1. The van der Waals surface area contributed by atoms with E-state index >= 15 is 0 Å². The van der Waals surface area contributed by atoms with Crippen molar-refractivity contribution in [2.24, 2.45) is 5.73 Å². The maximum atomic E-state index is 5.79. The fourth-order valence-corrected chi connectivity index (χ4v) is 2.39. The Morgan fingerprint density at radius 2 is 1.92 bits per heavy atom. The van der Waals surface area contributed by atoms with Crippen LogP contribution >= 0.6 is 11.3 Å². The van der Waals surface area contributed by atoms with Crippen LogP contribution in [0.15, 0.2) is 0 Å². The van der Waals surface area contributed by atoms with Crippen molar-refractivity contribution in [3.05, 3.63) is 15.6 Å². The van der Waals surface area contributed by atoms with E-state index in [0.717, 1.165) is 10.7 Å². The van der Waals surface area contributed by atoms with Crippen LogP contribution in [0.1, 0.15) is 49.3 Å². The normalized spacial score (nSPS) is 14.6. The van der Waals surface area contributed by atoms with Crippen molar-refractivity contribution >= 4 is 11.3 Å². The largest absolute Gasteiger partial charge is 0.322 e. The lowest BCUT2D eigenvalue weighted by Gasteiger charge is -2.16. The smallest absolute Gasteiger partial charge is 0.110 e. The summed E-state index contributed by atoms with van der Waals surface area (Å²) in [7, 11) is 0. The molecule has 0 amide bonds. The molecule has 2 nitrogen and oxygen atoms in total. The Morgan fingerprint density at radius 1 is 1.38 bits per heavy atom. The van der Waals surface area contributed by atoms with E-state index < -0.39 is 0 Å². The third kappa shape index (κ3) is 2.29. The van der Waals surface area contributed by atoms with Crippen LogP contribution < -0.4 is 5.73 Å². The molecule has 13 heavy (non-hydrogen) atoms. The van der Waals surface area contributed by atoms with Gasteiger partial charge in [-0.2, -0.15) is 0 Å². The number of hydrogen-bond acceptors (Lipinski definition) is 3. The third-order valence-electron chi connectivity index (χ3n) is 1.88. The van der Waals surface area contributed by atoms with Crippen LogP contribution in [0.2, 0.25) is 0 Å². The van der Waals surface area contributed by atoms with Crippen molar-refractivity contribution in [2.45, 2.75) is 46.1 Å². The first-order chi connectivity index (χ1) is 5.82. The molecule has 1 aromatic rings. The third-order valence-corrected chi connectivity index (χ3v) is 3.67. The van der Waals surface area contributed by atoms with Crippen molar-refractivity contribution in [1.82, 2.24) is 4.98 Å². The minimum Gasteiger partial charge on any atom is -0.322 e. The molecule has 1 rings (SSSR count). The van der Waals surface area contributed by atoms with Crippen molar-refractivity contribution in [3.63, 3.8) is 0 Å². The van der Waals surface area contributed by atoms with E-state index in [1.165, 1.54) is 4.88 Å².